The van der Waals surface area contributed by atoms with Crippen LogP contribution in [0.4, 0.5) is 0 Å². The molecule has 0 spiro atoms. The molecule has 0 aliphatic rings. The number of hydrogen-bond acceptors (Lipinski definition) is 2. The van der Waals surface area contributed by atoms with Gasteiger partial charge < -0.3 is 10.6 Å². The van der Waals surface area contributed by atoms with Gasteiger partial charge >= 0.3 is 0 Å². The minimum atomic E-state index is 0.248. The lowest BCUT2D eigenvalue weighted by molar-refractivity contribution is 0.390. The highest BCUT2D eigenvalue weighted by molar-refractivity contribution is 4.72. The summed E-state index contributed by atoms with van der Waals surface area (Å²) in [5.74, 6) is 0.744. The Kier molecular flexibility index (Phi) is 6.38. The summed E-state index contributed by atoms with van der Waals surface area (Å²) in [6, 6.07) is 0.618. The average molecular weight is 200 g/mol. The molecule has 1 atom stereocenters. The maximum absolute atomic E-state index is 3.53. The van der Waals surface area contributed by atoms with Gasteiger partial charge in [0.2, 0.25) is 0 Å². The molecule has 0 aromatic carbocycles. The maximum atomic E-state index is 3.53. The summed E-state index contributed by atoms with van der Waals surface area (Å²) in [4.78, 5) is 0. The molecular formula is C12H28N2. The zero-order chi connectivity index (χ0) is 11.2. The van der Waals surface area contributed by atoms with Crippen molar-refractivity contribution < 1.29 is 0 Å². The van der Waals surface area contributed by atoms with Gasteiger partial charge in [-0.05, 0) is 53.1 Å². The Morgan fingerprint density at radius 2 is 1.64 bits per heavy atom. The summed E-state index contributed by atoms with van der Waals surface area (Å²) in [6.07, 6.45) is 1.20. The predicted molar refractivity (Wildman–Crippen MR) is 64.7 cm³/mol. The molecule has 86 valence electrons. The number of nitrogens with one attached hydrogen (secondary N) is 2. The average Bonchev–Trinajstić information content (AvgIpc) is 1.98. The van der Waals surface area contributed by atoms with Crippen molar-refractivity contribution in [2.45, 2.75) is 59.5 Å². The molecule has 0 amide bonds. The lowest BCUT2D eigenvalue weighted by Crippen LogP contribution is -2.39. The van der Waals surface area contributed by atoms with Crippen molar-refractivity contribution in [3.8, 4) is 0 Å². The van der Waals surface area contributed by atoms with Crippen molar-refractivity contribution in [1.29, 1.82) is 0 Å². The predicted octanol–water partition coefficient (Wildman–Crippen LogP) is 2.40. The van der Waals surface area contributed by atoms with Gasteiger partial charge in [-0.1, -0.05) is 13.8 Å². The van der Waals surface area contributed by atoms with Crippen LogP contribution in [0, 0.1) is 5.92 Å². The molecular weight excluding hydrogens is 172 g/mol. The Balaban J connectivity index is 3.40. The molecule has 0 aromatic rings. The highest BCUT2D eigenvalue weighted by atomic mass is 15.0. The minimum absolute atomic E-state index is 0.248. The van der Waals surface area contributed by atoms with Gasteiger partial charge in [0.25, 0.3) is 0 Å². The van der Waals surface area contributed by atoms with Gasteiger partial charge in [-0.25, -0.2) is 0 Å². The van der Waals surface area contributed by atoms with E-state index in [0.717, 1.165) is 19.0 Å². The van der Waals surface area contributed by atoms with Crippen molar-refractivity contribution in [2.75, 3.05) is 13.1 Å². The zero-order valence-corrected chi connectivity index (χ0v) is 10.8. The first kappa shape index (κ1) is 13.9. The lowest BCUT2D eigenvalue weighted by atomic mass is 10.1. The van der Waals surface area contributed by atoms with Crippen molar-refractivity contribution in [3.05, 3.63) is 0 Å². The van der Waals surface area contributed by atoms with Crippen LogP contribution in [-0.2, 0) is 0 Å². The fourth-order valence-corrected chi connectivity index (χ4v) is 1.20. The van der Waals surface area contributed by atoms with Crippen molar-refractivity contribution in [3.63, 3.8) is 0 Å². The normalized spacial score (nSPS) is 14.8. The van der Waals surface area contributed by atoms with Crippen LogP contribution in [0.15, 0.2) is 0 Å². The molecule has 14 heavy (non-hydrogen) atoms. The molecule has 0 aromatic heterocycles. The smallest absolute Gasteiger partial charge is 0.00965 e. The van der Waals surface area contributed by atoms with Crippen molar-refractivity contribution in [1.82, 2.24) is 10.6 Å². The topological polar surface area (TPSA) is 24.1 Å². The molecule has 0 bridgehead atoms. The fourth-order valence-electron chi connectivity index (χ4n) is 1.20. The van der Waals surface area contributed by atoms with Crippen LogP contribution in [0.3, 0.4) is 0 Å². The summed E-state index contributed by atoms with van der Waals surface area (Å²) >= 11 is 0. The first-order chi connectivity index (χ1) is 6.31. The Morgan fingerprint density at radius 3 is 2.07 bits per heavy atom. The Labute approximate surface area is 89.9 Å². The van der Waals surface area contributed by atoms with E-state index in [0.29, 0.717) is 6.04 Å². The van der Waals surface area contributed by atoms with Crippen LogP contribution >= 0.6 is 0 Å². The van der Waals surface area contributed by atoms with E-state index >= 15 is 0 Å². The second-order valence-corrected chi connectivity index (χ2v) is 5.67. The molecule has 0 heterocycles. The summed E-state index contributed by atoms with van der Waals surface area (Å²) in [7, 11) is 0. The molecule has 0 radical (unpaired) electrons. The Morgan fingerprint density at radius 1 is 1.07 bits per heavy atom. The molecule has 0 rings (SSSR count). The van der Waals surface area contributed by atoms with E-state index in [2.05, 4.69) is 52.2 Å². The van der Waals surface area contributed by atoms with Gasteiger partial charge in [0.15, 0.2) is 0 Å². The van der Waals surface area contributed by atoms with Gasteiger partial charge in [-0.15, -0.1) is 0 Å². The Hall–Kier alpha value is -0.0800. The highest BCUT2D eigenvalue weighted by Gasteiger charge is 2.09. The molecule has 0 fully saturated rings. The van der Waals surface area contributed by atoms with Crippen molar-refractivity contribution >= 4 is 0 Å². The van der Waals surface area contributed by atoms with E-state index in [1.54, 1.807) is 0 Å². The quantitative estimate of drug-likeness (QED) is 0.688. The van der Waals surface area contributed by atoms with Crippen LogP contribution in [0.1, 0.15) is 48.0 Å². The van der Waals surface area contributed by atoms with E-state index in [1.807, 2.05) is 0 Å². The first-order valence-electron chi connectivity index (χ1n) is 5.79. The third-order valence-corrected chi connectivity index (χ3v) is 2.11. The summed E-state index contributed by atoms with van der Waals surface area (Å²) in [6.45, 7) is 15.6. The summed E-state index contributed by atoms with van der Waals surface area (Å²) in [5, 5.41) is 7.03. The standard InChI is InChI=1S/C12H28N2/c1-10(2)9-13-11(3)7-8-14-12(4,5)6/h10-11,13-14H,7-9H2,1-6H3. The molecule has 2 N–H and O–H groups in total. The third kappa shape index (κ3) is 10.0. The molecule has 0 saturated carbocycles. The second-order valence-electron chi connectivity index (χ2n) is 5.67. The van der Waals surface area contributed by atoms with E-state index < -0.39 is 0 Å². The van der Waals surface area contributed by atoms with Crippen molar-refractivity contribution in [2.24, 2.45) is 5.92 Å². The summed E-state index contributed by atoms with van der Waals surface area (Å²) < 4.78 is 0. The van der Waals surface area contributed by atoms with Crippen LogP contribution in [0.25, 0.3) is 0 Å². The van der Waals surface area contributed by atoms with Gasteiger partial charge in [0, 0.05) is 11.6 Å². The highest BCUT2D eigenvalue weighted by Crippen LogP contribution is 1.99. The van der Waals surface area contributed by atoms with Gasteiger partial charge in [-0.2, -0.15) is 0 Å². The molecule has 0 aliphatic heterocycles. The lowest BCUT2D eigenvalue weighted by Gasteiger charge is -2.22. The largest absolute Gasteiger partial charge is 0.314 e. The monoisotopic (exact) mass is 200 g/mol. The maximum Gasteiger partial charge on any atom is 0.00965 e. The van der Waals surface area contributed by atoms with Crippen LogP contribution in [-0.4, -0.2) is 24.7 Å². The van der Waals surface area contributed by atoms with Crippen LogP contribution < -0.4 is 10.6 Å². The minimum Gasteiger partial charge on any atom is -0.314 e. The molecule has 2 nitrogen and oxygen atoms in total. The van der Waals surface area contributed by atoms with E-state index in [9.17, 15) is 0 Å². The third-order valence-electron chi connectivity index (χ3n) is 2.11. The van der Waals surface area contributed by atoms with Crippen LogP contribution in [0.5, 0.6) is 0 Å². The van der Waals surface area contributed by atoms with Gasteiger partial charge in [0.1, 0.15) is 0 Å². The van der Waals surface area contributed by atoms with Gasteiger partial charge in [-0.3, -0.25) is 0 Å². The van der Waals surface area contributed by atoms with E-state index in [1.165, 1.54) is 6.42 Å². The molecule has 0 aliphatic carbocycles. The SMILES string of the molecule is CC(C)CNC(C)CCNC(C)(C)C. The zero-order valence-electron chi connectivity index (χ0n) is 10.8. The fraction of sp³-hybridized carbons (Fsp3) is 1.00. The molecule has 1 unspecified atom stereocenters. The second kappa shape index (κ2) is 6.41. The van der Waals surface area contributed by atoms with Crippen LogP contribution in [0.2, 0.25) is 0 Å². The molecule has 2 heteroatoms. The van der Waals surface area contributed by atoms with E-state index in [4.69, 9.17) is 0 Å². The summed E-state index contributed by atoms with van der Waals surface area (Å²) in [5.41, 5.74) is 0.248. The number of rotatable bonds is 6. The Bertz CT molecular complexity index is 136. The number of hydrogen-bond donors (Lipinski definition) is 2. The molecule has 0 saturated heterocycles. The van der Waals surface area contributed by atoms with E-state index in [-0.39, 0.29) is 5.54 Å². The van der Waals surface area contributed by atoms with Gasteiger partial charge in [0.05, 0.1) is 0 Å². The first-order valence-corrected chi connectivity index (χ1v) is 5.79.